The van der Waals surface area contributed by atoms with E-state index >= 15 is 0 Å². The van der Waals surface area contributed by atoms with Crippen LogP contribution in [0.5, 0.6) is 0 Å². The Balaban J connectivity index is 0.000000662. The van der Waals surface area contributed by atoms with Crippen molar-refractivity contribution < 1.29 is 14.7 Å². The molecule has 2 aromatic rings. The molecule has 4 aliphatic rings. The summed E-state index contributed by atoms with van der Waals surface area (Å²) in [5.41, 5.74) is 2.47. The lowest BCUT2D eigenvalue weighted by Gasteiger charge is -2.57. The fourth-order valence-electron chi connectivity index (χ4n) is 8.10. The van der Waals surface area contributed by atoms with Crippen LogP contribution in [0.25, 0.3) is 10.9 Å². The van der Waals surface area contributed by atoms with Gasteiger partial charge in [-0.25, -0.2) is 4.98 Å². The molecule has 6 atom stereocenters. The van der Waals surface area contributed by atoms with Crippen LogP contribution in [0.4, 0.5) is 0 Å². The van der Waals surface area contributed by atoms with E-state index in [2.05, 4.69) is 32.1 Å². The minimum absolute atomic E-state index is 0.0257. The van der Waals surface area contributed by atoms with Crippen molar-refractivity contribution in [3.8, 4) is 0 Å². The highest BCUT2D eigenvalue weighted by Crippen LogP contribution is 2.66. The maximum atomic E-state index is 13.5. The number of pyridine rings is 1. The zero-order valence-corrected chi connectivity index (χ0v) is 25.1. The third-order valence-electron chi connectivity index (χ3n) is 9.88. The molecule has 1 N–H and O–H groups in total. The lowest BCUT2D eigenvalue weighted by molar-refractivity contribution is -0.126. The number of aromatic nitrogens is 1. The third-order valence-corrected chi connectivity index (χ3v) is 10.8. The lowest BCUT2D eigenvalue weighted by atomic mass is 9.47. The summed E-state index contributed by atoms with van der Waals surface area (Å²) in [5, 5.41) is 9.64. The average molecular weight is 548 g/mol. The SMILES string of the molecule is CC.CC12C=CC(=O)C=C1CCC1C2CCC2(C)C(C(=O)CSc3ccc4ccccc4n3)CCC12.CCO. The highest BCUT2D eigenvalue weighted by atomic mass is 32.2. The molecule has 1 aromatic heterocycles. The van der Waals surface area contributed by atoms with Gasteiger partial charge < -0.3 is 5.11 Å². The monoisotopic (exact) mass is 547 g/mol. The molecule has 4 aliphatic carbocycles. The van der Waals surface area contributed by atoms with E-state index in [0.29, 0.717) is 29.3 Å². The summed E-state index contributed by atoms with van der Waals surface area (Å²) in [6, 6.07) is 12.3. The van der Waals surface area contributed by atoms with Gasteiger partial charge in [0.15, 0.2) is 5.78 Å². The molecule has 4 nitrogen and oxygen atoms in total. The number of carbonyl (C=O) groups excluding carboxylic acids is 2. The van der Waals surface area contributed by atoms with Crippen LogP contribution in [-0.4, -0.2) is 34.0 Å². The molecule has 1 aromatic carbocycles. The Morgan fingerprint density at radius 1 is 1.05 bits per heavy atom. The number of hydrogen-bond donors (Lipinski definition) is 1. The van der Waals surface area contributed by atoms with E-state index in [-0.39, 0.29) is 29.1 Å². The maximum Gasteiger partial charge on any atom is 0.178 e. The summed E-state index contributed by atoms with van der Waals surface area (Å²) < 4.78 is 0. The fourth-order valence-corrected chi connectivity index (χ4v) is 8.92. The Morgan fingerprint density at radius 2 is 1.79 bits per heavy atom. The third kappa shape index (κ3) is 5.67. The molecule has 6 unspecified atom stereocenters. The van der Waals surface area contributed by atoms with Gasteiger partial charge in [0.1, 0.15) is 5.78 Å². The van der Waals surface area contributed by atoms with E-state index in [1.165, 1.54) is 18.4 Å². The molecule has 5 heteroatoms. The van der Waals surface area contributed by atoms with Gasteiger partial charge in [-0.2, -0.15) is 0 Å². The molecule has 0 amide bonds. The normalized spacial score (nSPS) is 32.5. The number of ketones is 2. The standard InChI is InChI=1S/C30H33NO2S.C2H6O.C2H6/c1-29-15-13-21(32)17-20(29)8-9-22-23-10-11-25(30(23,2)16-14-24(22)29)27(33)18-34-28-12-7-19-5-3-4-6-26(19)31-28;1-2-3;1-2/h3-7,12-13,15,17,22-25H,8-11,14,16,18H2,1-2H3;3H,2H2,1H3;1-2H3. The van der Waals surface area contributed by atoms with Crippen LogP contribution < -0.4 is 0 Å². The van der Waals surface area contributed by atoms with Crippen molar-refractivity contribution >= 4 is 34.2 Å². The van der Waals surface area contributed by atoms with E-state index in [9.17, 15) is 9.59 Å². The molecule has 0 spiro atoms. The van der Waals surface area contributed by atoms with E-state index < -0.39 is 0 Å². The molecule has 3 fully saturated rings. The second-order valence-electron chi connectivity index (χ2n) is 11.7. The Kier molecular flexibility index (Phi) is 9.54. The van der Waals surface area contributed by atoms with Gasteiger partial charge in [-0.3, -0.25) is 9.59 Å². The molecule has 6 rings (SSSR count). The maximum absolute atomic E-state index is 13.5. The number of aliphatic hydroxyl groups is 1. The quantitative estimate of drug-likeness (QED) is 0.395. The second-order valence-corrected chi connectivity index (χ2v) is 12.7. The number of para-hydroxylation sites is 1. The molecule has 3 saturated carbocycles. The van der Waals surface area contributed by atoms with Crippen LogP contribution in [0.2, 0.25) is 0 Å². The van der Waals surface area contributed by atoms with Gasteiger partial charge in [0.05, 0.1) is 16.3 Å². The van der Waals surface area contributed by atoms with Crippen molar-refractivity contribution in [2.24, 2.45) is 34.5 Å². The zero-order chi connectivity index (χ0) is 28.2. The van der Waals surface area contributed by atoms with E-state index in [1.807, 2.05) is 44.2 Å². The summed E-state index contributed by atoms with van der Waals surface area (Å²) in [6.07, 6.45) is 12.6. The van der Waals surface area contributed by atoms with Crippen LogP contribution in [0, 0.1) is 34.5 Å². The van der Waals surface area contributed by atoms with Crippen LogP contribution in [0.15, 0.2) is 65.2 Å². The van der Waals surface area contributed by atoms with Gasteiger partial charge in [-0.1, -0.05) is 75.4 Å². The first-order valence-corrected chi connectivity index (χ1v) is 15.8. The average Bonchev–Trinajstić information content (AvgIpc) is 3.31. The van der Waals surface area contributed by atoms with Gasteiger partial charge in [-0.05, 0) is 92.9 Å². The summed E-state index contributed by atoms with van der Waals surface area (Å²) in [7, 11) is 0. The van der Waals surface area contributed by atoms with Crippen molar-refractivity contribution in [2.75, 3.05) is 12.4 Å². The van der Waals surface area contributed by atoms with Crippen molar-refractivity contribution in [3.05, 3.63) is 60.2 Å². The molecular weight excluding hydrogens is 502 g/mol. The van der Waals surface area contributed by atoms with Crippen LogP contribution in [0.3, 0.4) is 0 Å². The molecule has 39 heavy (non-hydrogen) atoms. The van der Waals surface area contributed by atoms with Crippen molar-refractivity contribution in [3.63, 3.8) is 0 Å². The van der Waals surface area contributed by atoms with E-state index in [1.54, 1.807) is 24.8 Å². The largest absolute Gasteiger partial charge is 0.397 e. The number of allylic oxidation sites excluding steroid dienone is 4. The Hall–Kier alpha value is -2.24. The Morgan fingerprint density at radius 3 is 2.56 bits per heavy atom. The van der Waals surface area contributed by atoms with Crippen LogP contribution in [-0.2, 0) is 9.59 Å². The van der Waals surface area contributed by atoms with Gasteiger partial charge >= 0.3 is 0 Å². The van der Waals surface area contributed by atoms with E-state index in [0.717, 1.165) is 41.6 Å². The number of Topliss-reactive ketones (excluding diaryl/α,β-unsaturated/α-hetero) is 1. The van der Waals surface area contributed by atoms with Gasteiger partial charge in [0.2, 0.25) is 0 Å². The Labute approximate surface area is 238 Å². The summed E-state index contributed by atoms with van der Waals surface area (Å²) in [4.78, 5) is 30.3. The molecule has 0 bridgehead atoms. The van der Waals surface area contributed by atoms with E-state index in [4.69, 9.17) is 10.1 Å². The predicted molar refractivity (Wildman–Crippen MR) is 162 cm³/mol. The minimum atomic E-state index is 0.0257. The number of rotatable bonds is 4. The highest BCUT2D eigenvalue weighted by Gasteiger charge is 2.59. The fraction of sp³-hybridized carbons (Fsp3) is 0.559. The molecular formula is C34H45NO3S. The first kappa shape index (κ1) is 29.7. The molecule has 0 radical (unpaired) electrons. The number of carbonyl (C=O) groups is 2. The summed E-state index contributed by atoms with van der Waals surface area (Å²) in [5.74, 6) is 3.12. The molecule has 0 aliphatic heterocycles. The van der Waals surface area contributed by atoms with Crippen LogP contribution in [0.1, 0.15) is 73.1 Å². The van der Waals surface area contributed by atoms with Crippen LogP contribution >= 0.6 is 11.8 Å². The first-order valence-electron chi connectivity index (χ1n) is 14.9. The second kappa shape index (κ2) is 12.5. The predicted octanol–water partition coefficient (Wildman–Crippen LogP) is 7.84. The number of fused-ring (bicyclic) bond motifs is 6. The van der Waals surface area contributed by atoms with Gasteiger partial charge in [0.25, 0.3) is 0 Å². The number of thioether (sulfide) groups is 1. The molecule has 1 heterocycles. The lowest BCUT2D eigenvalue weighted by Crippen LogP contribution is -2.50. The number of nitrogens with zero attached hydrogens (tertiary/aromatic N) is 1. The highest BCUT2D eigenvalue weighted by molar-refractivity contribution is 7.99. The zero-order valence-electron chi connectivity index (χ0n) is 24.3. The van der Waals surface area contributed by atoms with Crippen molar-refractivity contribution in [1.82, 2.24) is 4.98 Å². The molecule has 210 valence electrons. The van der Waals surface area contributed by atoms with Gasteiger partial charge in [-0.15, -0.1) is 0 Å². The van der Waals surface area contributed by atoms with Crippen molar-refractivity contribution in [2.45, 2.75) is 78.2 Å². The van der Waals surface area contributed by atoms with Gasteiger partial charge in [0, 0.05) is 23.3 Å². The first-order chi connectivity index (χ1) is 18.8. The minimum Gasteiger partial charge on any atom is -0.397 e. The number of hydrogen-bond acceptors (Lipinski definition) is 5. The summed E-state index contributed by atoms with van der Waals surface area (Å²) in [6.45, 7) is 10.7. The number of aliphatic hydroxyl groups excluding tert-OH is 1. The summed E-state index contributed by atoms with van der Waals surface area (Å²) >= 11 is 1.60. The smallest absolute Gasteiger partial charge is 0.178 e. The Bertz CT molecular complexity index is 1250. The number of benzene rings is 1. The van der Waals surface area contributed by atoms with Crippen molar-refractivity contribution in [1.29, 1.82) is 0 Å². The topological polar surface area (TPSA) is 67.3 Å². The molecule has 0 saturated heterocycles.